The molecule has 0 radical (unpaired) electrons. The summed E-state index contributed by atoms with van der Waals surface area (Å²) >= 11 is 0. The molecule has 0 bridgehead atoms. The molecule has 8 heteroatoms. The van der Waals surface area contributed by atoms with Crippen LogP contribution >= 0.6 is 0 Å². The molecule has 4 aromatic rings. The highest BCUT2D eigenvalue weighted by molar-refractivity contribution is 5.99. The van der Waals surface area contributed by atoms with Gasteiger partial charge in [0.25, 0.3) is 6.01 Å². The number of aromatic nitrogens is 5. The molecule has 0 aliphatic heterocycles. The van der Waals surface area contributed by atoms with Gasteiger partial charge in [0, 0.05) is 24.7 Å². The van der Waals surface area contributed by atoms with Gasteiger partial charge in [-0.2, -0.15) is 10.1 Å². The van der Waals surface area contributed by atoms with E-state index in [1.165, 1.54) is 6.33 Å². The molecule has 0 atom stereocenters. The van der Waals surface area contributed by atoms with E-state index in [2.05, 4.69) is 47.5 Å². The minimum Gasteiger partial charge on any atom is -0.423 e. The normalized spacial score (nSPS) is 11.7. The van der Waals surface area contributed by atoms with Crippen molar-refractivity contribution < 1.29 is 4.42 Å². The van der Waals surface area contributed by atoms with Crippen LogP contribution in [-0.2, 0) is 0 Å². The smallest absolute Gasteiger partial charge is 0.298 e. The van der Waals surface area contributed by atoms with Gasteiger partial charge in [0.1, 0.15) is 23.4 Å². The Morgan fingerprint density at radius 3 is 2.67 bits per heavy atom. The Morgan fingerprint density at radius 2 is 1.96 bits per heavy atom. The third-order valence-electron chi connectivity index (χ3n) is 4.69. The lowest BCUT2D eigenvalue weighted by molar-refractivity contribution is 0.548. The van der Waals surface area contributed by atoms with E-state index in [4.69, 9.17) is 15.2 Å². The maximum atomic E-state index is 6.16. The van der Waals surface area contributed by atoms with Gasteiger partial charge in [-0.1, -0.05) is 0 Å². The Hall–Kier alpha value is -3.16. The fraction of sp³-hybridized carbons (Fsp3) is 0.368. The second kappa shape index (κ2) is 6.53. The average molecular weight is 365 g/mol. The molecule has 140 valence electrons. The first-order chi connectivity index (χ1) is 13.0. The summed E-state index contributed by atoms with van der Waals surface area (Å²) < 4.78 is 7.77. The molecule has 3 heterocycles. The topological polar surface area (TPSA) is 98.9 Å². The molecule has 0 aliphatic rings. The minimum atomic E-state index is 0.153. The molecule has 0 unspecified atom stereocenters. The number of hydrogen-bond acceptors (Lipinski definition) is 7. The number of hydrogen-bond donors (Lipinski definition) is 1. The third-order valence-corrected chi connectivity index (χ3v) is 4.69. The van der Waals surface area contributed by atoms with Crippen molar-refractivity contribution in [2.45, 2.75) is 33.7 Å². The Balaban J connectivity index is 1.90. The van der Waals surface area contributed by atoms with Crippen molar-refractivity contribution in [2.24, 2.45) is 0 Å². The molecule has 2 N–H and O–H groups in total. The molecular weight excluding hydrogens is 342 g/mol. The van der Waals surface area contributed by atoms with Crippen molar-refractivity contribution >= 4 is 34.0 Å². The van der Waals surface area contributed by atoms with Crippen LogP contribution in [0.5, 0.6) is 0 Å². The predicted octanol–water partition coefficient (Wildman–Crippen LogP) is 3.64. The quantitative estimate of drug-likeness (QED) is 0.576. The summed E-state index contributed by atoms with van der Waals surface area (Å²) in [4.78, 5) is 15.3. The first-order valence-electron chi connectivity index (χ1n) is 9.18. The van der Waals surface area contributed by atoms with E-state index in [1.807, 2.05) is 22.9 Å². The Morgan fingerprint density at radius 1 is 1.19 bits per heavy atom. The number of nitrogens with zero attached hydrogens (tertiary/aromatic N) is 6. The standard InChI is InChI=1S/C19H23N7O/c1-5-25(6-2)19-23-13-9-12(7-8-14(13)27-19)16-15-17(20)21-10-22-18(15)26(24-16)11(3)4/h7-11H,5-6H2,1-4H3,(H2,20,21,22). The van der Waals surface area contributed by atoms with E-state index in [9.17, 15) is 0 Å². The van der Waals surface area contributed by atoms with Gasteiger partial charge in [-0.25, -0.2) is 14.6 Å². The van der Waals surface area contributed by atoms with Gasteiger partial charge in [-0.05, 0) is 45.9 Å². The van der Waals surface area contributed by atoms with E-state index >= 15 is 0 Å². The van der Waals surface area contributed by atoms with Crippen LogP contribution in [0.2, 0.25) is 0 Å². The van der Waals surface area contributed by atoms with Gasteiger partial charge in [-0.15, -0.1) is 0 Å². The lowest BCUT2D eigenvalue weighted by atomic mass is 10.1. The zero-order valence-corrected chi connectivity index (χ0v) is 16.0. The molecule has 0 fully saturated rings. The highest BCUT2D eigenvalue weighted by Crippen LogP contribution is 2.33. The highest BCUT2D eigenvalue weighted by Gasteiger charge is 2.19. The molecule has 27 heavy (non-hydrogen) atoms. The van der Waals surface area contributed by atoms with Gasteiger partial charge in [-0.3, -0.25) is 0 Å². The predicted molar refractivity (Wildman–Crippen MR) is 107 cm³/mol. The molecule has 0 saturated heterocycles. The van der Waals surface area contributed by atoms with Crippen LogP contribution in [0.15, 0.2) is 28.9 Å². The van der Waals surface area contributed by atoms with E-state index in [-0.39, 0.29) is 6.04 Å². The number of fused-ring (bicyclic) bond motifs is 2. The second-order valence-corrected chi connectivity index (χ2v) is 6.70. The van der Waals surface area contributed by atoms with Crippen LogP contribution in [0.4, 0.5) is 11.8 Å². The summed E-state index contributed by atoms with van der Waals surface area (Å²) in [5, 5.41) is 5.53. The second-order valence-electron chi connectivity index (χ2n) is 6.70. The van der Waals surface area contributed by atoms with Crippen LogP contribution < -0.4 is 10.6 Å². The Bertz CT molecular complexity index is 1110. The van der Waals surface area contributed by atoms with E-state index < -0.39 is 0 Å². The molecule has 8 nitrogen and oxygen atoms in total. The van der Waals surface area contributed by atoms with Crippen LogP contribution in [0.3, 0.4) is 0 Å². The van der Waals surface area contributed by atoms with Gasteiger partial charge in [0.05, 0.1) is 5.39 Å². The third kappa shape index (κ3) is 2.77. The lowest BCUT2D eigenvalue weighted by Crippen LogP contribution is -2.21. The summed E-state index contributed by atoms with van der Waals surface area (Å²) in [5.74, 6) is 0.422. The summed E-state index contributed by atoms with van der Waals surface area (Å²) in [5.41, 5.74) is 10.1. The summed E-state index contributed by atoms with van der Waals surface area (Å²) in [6.45, 7) is 9.97. The molecule has 1 aromatic carbocycles. The molecule has 3 aromatic heterocycles. The van der Waals surface area contributed by atoms with Gasteiger partial charge < -0.3 is 15.1 Å². The molecule has 0 saturated carbocycles. The fourth-order valence-electron chi connectivity index (χ4n) is 3.25. The number of nitrogen functional groups attached to an aromatic ring is 1. The molecule has 0 spiro atoms. The average Bonchev–Trinajstić information content (AvgIpc) is 3.24. The zero-order valence-electron chi connectivity index (χ0n) is 16.0. The lowest BCUT2D eigenvalue weighted by Gasteiger charge is -2.14. The maximum absolute atomic E-state index is 6.16. The largest absolute Gasteiger partial charge is 0.423 e. The van der Waals surface area contributed by atoms with Crippen LogP contribution in [-0.4, -0.2) is 37.8 Å². The number of rotatable bonds is 5. The fourth-order valence-corrected chi connectivity index (χ4v) is 3.25. The van der Waals surface area contributed by atoms with Gasteiger partial charge in [0.15, 0.2) is 11.2 Å². The number of benzene rings is 1. The summed E-state index contributed by atoms with van der Waals surface area (Å²) in [6, 6.07) is 6.65. The molecule has 0 amide bonds. The summed E-state index contributed by atoms with van der Waals surface area (Å²) in [7, 11) is 0. The maximum Gasteiger partial charge on any atom is 0.298 e. The van der Waals surface area contributed by atoms with E-state index in [1.54, 1.807) is 0 Å². The zero-order chi connectivity index (χ0) is 19.1. The minimum absolute atomic E-state index is 0.153. The number of oxazole rings is 1. The van der Waals surface area contributed by atoms with Crippen molar-refractivity contribution in [2.75, 3.05) is 23.7 Å². The SMILES string of the molecule is CCN(CC)c1nc2cc(-c3nn(C(C)C)c4ncnc(N)c34)ccc2o1. The molecule has 4 rings (SSSR count). The van der Waals surface area contributed by atoms with Gasteiger partial charge >= 0.3 is 0 Å². The van der Waals surface area contributed by atoms with Crippen LogP contribution in [0, 0.1) is 0 Å². The number of nitrogens with two attached hydrogens (primary N) is 1. The van der Waals surface area contributed by atoms with Gasteiger partial charge in [0.2, 0.25) is 0 Å². The van der Waals surface area contributed by atoms with Crippen molar-refractivity contribution in [1.82, 2.24) is 24.7 Å². The molecular formula is C19H23N7O. The van der Waals surface area contributed by atoms with Crippen molar-refractivity contribution in [3.05, 3.63) is 24.5 Å². The summed E-state index contributed by atoms with van der Waals surface area (Å²) in [6.07, 6.45) is 1.47. The highest BCUT2D eigenvalue weighted by atomic mass is 16.4. The van der Waals surface area contributed by atoms with Crippen molar-refractivity contribution in [3.63, 3.8) is 0 Å². The van der Waals surface area contributed by atoms with Crippen LogP contribution in [0.25, 0.3) is 33.4 Å². The van der Waals surface area contributed by atoms with Crippen LogP contribution in [0.1, 0.15) is 33.7 Å². The number of anilines is 2. The van der Waals surface area contributed by atoms with E-state index in [0.717, 1.165) is 46.5 Å². The Kier molecular flexibility index (Phi) is 4.18. The first-order valence-corrected chi connectivity index (χ1v) is 9.18. The van der Waals surface area contributed by atoms with Crippen molar-refractivity contribution in [3.8, 4) is 11.3 Å². The monoisotopic (exact) mass is 365 g/mol. The Labute approximate surface area is 157 Å². The molecule has 0 aliphatic carbocycles. The van der Waals surface area contributed by atoms with Crippen molar-refractivity contribution in [1.29, 1.82) is 0 Å². The first kappa shape index (κ1) is 17.3. The van der Waals surface area contributed by atoms with E-state index in [0.29, 0.717) is 11.8 Å².